The van der Waals surface area contributed by atoms with Gasteiger partial charge < -0.3 is 14.6 Å². The van der Waals surface area contributed by atoms with Crippen molar-refractivity contribution in [2.75, 3.05) is 27.3 Å². The fourth-order valence-corrected chi connectivity index (χ4v) is 4.21. The summed E-state index contributed by atoms with van der Waals surface area (Å²) >= 11 is 0. The normalized spacial score (nSPS) is 16.7. The van der Waals surface area contributed by atoms with Crippen LogP contribution in [0.5, 0.6) is 11.6 Å². The molecular weight excluding hydrogens is 364 g/mol. The number of nitrogens with zero attached hydrogens (tertiary/aromatic N) is 2. The lowest BCUT2D eigenvalue weighted by atomic mass is 9.84. The van der Waals surface area contributed by atoms with Crippen LogP contribution in [-0.4, -0.2) is 42.3 Å². The number of hydrogen-bond acceptors (Lipinski definition) is 5. The van der Waals surface area contributed by atoms with Gasteiger partial charge in [-0.05, 0) is 43.5 Å². The molecule has 2 heterocycles. The van der Waals surface area contributed by atoms with Gasteiger partial charge in [0.05, 0.1) is 25.3 Å². The number of pyridine rings is 1. The van der Waals surface area contributed by atoms with Crippen molar-refractivity contribution in [1.29, 1.82) is 0 Å². The summed E-state index contributed by atoms with van der Waals surface area (Å²) in [5, 5.41) is 12.4. The first kappa shape index (κ1) is 19.7. The first-order chi connectivity index (χ1) is 14.0. The highest BCUT2D eigenvalue weighted by Crippen LogP contribution is 2.38. The topological polar surface area (TPSA) is 54.8 Å². The molecule has 5 heteroatoms. The lowest BCUT2D eigenvalue weighted by molar-refractivity contribution is -0.0293. The fourth-order valence-electron chi connectivity index (χ4n) is 4.21. The number of aliphatic hydroxyl groups is 1. The standard InChI is InChI=1S/C24H28N2O3/c1-17-8-9-18-15-19(23(29-3)25-21(18)14-17)16-26-12-10-24(27,11-13-26)20-6-4-5-7-22(20)28-2/h4-9,14-15,27H,10-13,16H2,1-3H3. The Morgan fingerprint density at radius 2 is 1.79 bits per heavy atom. The Kier molecular flexibility index (Phi) is 5.43. The zero-order chi connectivity index (χ0) is 20.4. The van der Waals surface area contributed by atoms with E-state index < -0.39 is 5.60 Å². The van der Waals surface area contributed by atoms with Crippen molar-refractivity contribution in [3.8, 4) is 11.6 Å². The molecule has 0 spiro atoms. The summed E-state index contributed by atoms with van der Waals surface area (Å²) in [6.07, 6.45) is 1.33. The van der Waals surface area contributed by atoms with Gasteiger partial charge in [0.15, 0.2) is 0 Å². The molecule has 0 aliphatic carbocycles. The highest BCUT2D eigenvalue weighted by Gasteiger charge is 2.36. The van der Waals surface area contributed by atoms with Crippen molar-refractivity contribution >= 4 is 10.9 Å². The third-order valence-electron chi connectivity index (χ3n) is 5.89. The minimum Gasteiger partial charge on any atom is -0.496 e. The molecule has 1 aliphatic heterocycles. The first-order valence-corrected chi connectivity index (χ1v) is 10.0. The van der Waals surface area contributed by atoms with Crippen LogP contribution in [0.15, 0.2) is 48.5 Å². The van der Waals surface area contributed by atoms with Gasteiger partial charge in [-0.15, -0.1) is 0 Å². The SMILES string of the molecule is COc1ccccc1C1(O)CCN(Cc2cc3ccc(C)cc3nc2OC)CC1. The fraction of sp³-hybridized carbons (Fsp3) is 0.375. The number of piperidine rings is 1. The van der Waals surface area contributed by atoms with Gasteiger partial charge in [-0.25, -0.2) is 4.98 Å². The van der Waals surface area contributed by atoms with Crippen molar-refractivity contribution in [1.82, 2.24) is 9.88 Å². The van der Waals surface area contributed by atoms with Crippen molar-refractivity contribution in [2.45, 2.75) is 31.9 Å². The van der Waals surface area contributed by atoms with E-state index in [1.165, 1.54) is 5.56 Å². The van der Waals surface area contributed by atoms with Crippen LogP contribution in [0, 0.1) is 6.92 Å². The number of hydrogen-bond donors (Lipinski definition) is 1. The van der Waals surface area contributed by atoms with Crippen LogP contribution >= 0.6 is 0 Å². The quantitative estimate of drug-likeness (QED) is 0.710. The van der Waals surface area contributed by atoms with E-state index in [1.807, 2.05) is 24.3 Å². The Morgan fingerprint density at radius 3 is 2.52 bits per heavy atom. The average molecular weight is 392 g/mol. The number of methoxy groups -OCH3 is 2. The number of para-hydroxylation sites is 1. The number of fused-ring (bicyclic) bond motifs is 1. The summed E-state index contributed by atoms with van der Waals surface area (Å²) in [5.74, 6) is 1.42. The molecule has 0 saturated carbocycles. The summed E-state index contributed by atoms with van der Waals surface area (Å²) in [7, 11) is 3.32. The van der Waals surface area contributed by atoms with Crippen LogP contribution in [0.1, 0.15) is 29.5 Å². The van der Waals surface area contributed by atoms with Gasteiger partial charge in [0.25, 0.3) is 0 Å². The Bertz CT molecular complexity index is 1010. The summed E-state index contributed by atoms with van der Waals surface area (Å²) in [4.78, 5) is 7.05. The monoisotopic (exact) mass is 392 g/mol. The second kappa shape index (κ2) is 8.01. The summed E-state index contributed by atoms with van der Waals surface area (Å²) < 4.78 is 11.0. The largest absolute Gasteiger partial charge is 0.496 e. The molecule has 0 amide bonds. The van der Waals surface area contributed by atoms with E-state index in [4.69, 9.17) is 14.5 Å². The average Bonchev–Trinajstić information content (AvgIpc) is 2.75. The van der Waals surface area contributed by atoms with E-state index in [2.05, 4.69) is 36.1 Å². The summed E-state index contributed by atoms with van der Waals surface area (Å²) in [5.41, 5.74) is 3.24. The molecule has 1 N–H and O–H groups in total. The van der Waals surface area contributed by atoms with Crippen molar-refractivity contribution in [3.63, 3.8) is 0 Å². The number of rotatable bonds is 5. The minimum absolute atomic E-state index is 0.663. The maximum Gasteiger partial charge on any atom is 0.218 e. The zero-order valence-corrected chi connectivity index (χ0v) is 17.3. The Hall–Kier alpha value is -2.63. The molecule has 3 aromatic rings. The third-order valence-corrected chi connectivity index (χ3v) is 5.89. The van der Waals surface area contributed by atoms with E-state index in [-0.39, 0.29) is 0 Å². The van der Waals surface area contributed by atoms with Gasteiger partial charge in [0, 0.05) is 36.1 Å². The molecule has 0 unspecified atom stereocenters. The maximum atomic E-state index is 11.3. The van der Waals surface area contributed by atoms with E-state index in [0.29, 0.717) is 18.7 Å². The number of benzene rings is 2. The molecule has 5 nitrogen and oxygen atoms in total. The van der Waals surface area contributed by atoms with Crippen LogP contribution in [0.2, 0.25) is 0 Å². The minimum atomic E-state index is -0.855. The maximum absolute atomic E-state index is 11.3. The number of ether oxygens (including phenoxy) is 2. The second-order valence-corrected chi connectivity index (χ2v) is 7.86. The third kappa shape index (κ3) is 3.93. The molecule has 0 atom stereocenters. The van der Waals surface area contributed by atoms with E-state index >= 15 is 0 Å². The van der Waals surface area contributed by atoms with E-state index in [1.54, 1.807) is 14.2 Å². The smallest absolute Gasteiger partial charge is 0.218 e. The Labute approximate surface area is 171 Å². The molecule has 1 fully saturated rings. The lowest BCUT2D eigenvalue weighted by Gasteiger charge is -2.39. The summed E-state index contributed by atoms with van der Waals surface area (Å²) in [6, 6.07) is 16.2. The zero-order valence-electron chi connectivity index (χ0n) is 17.3. The molecule has 2 aromatic carbocycles. The molecule has 0 radical (unpaired) electrons. The molecule has 4 rings (SSSR count). The predicted molar refractivity (Wildman–Crippen MR) is 114 cm³/mol. The van der Waals surface area contributed by atoms with E-state index in [9.17, 15) is 5.11 Å². The number of likely N-dealkylation sites (tertiary alicyclic amines) is 1. The number of aryl methyl sites for hydroxylation is 1. The van der Waals surface area contributed by atoms with Gasteiger partial charge in [-0.2, -0.15) is 0 Å². The van der Waals surface area contributed by atoms with Gasteiger partial charge in [0.2, 0.25) is 5.88 Å². The first-order valence-electron chi connectivity index (χ1n) is 10.0. The molecule has 1 aromatic heterocycles. The van der Waals surface area contributed by atoms with Crippen LogP contribution in [-0.2, 0) is 12.1 Å². The molecule has 152 valence electrons. The molecule has 0 bridgehead atoms. The molecule has 29 heavy (non-hydrogen) atoms. The van der Waals surface area contributed by atoms with Gasteiger partial charge in [-0.1, -0.05) is 30.3 Å². The van der Waals surface area contributed by atoms with Crippen molar-refractivity contribution in [3.05, 3.63) is 65.2 Å². The Morgan fingerprint density at radius 1 is 1.03 bits per heavy atom. The van der Waals surface area contributed by atoms with Crippen LogP contribution < -0.4 is 9.47 Å². The van der Waals surface area contributed by atoms with E-state index in [0.717, 1.165) is 47.4 Å². The molecule has 1 aliphatic rings. The van der Waals surface area contributed by atoms with Gasteiger partial charge in [0.1, 0.15) is 5.75 Å². The van der Waals surface area contributed by atoms with Crippen LogP contribution in [0.3, 0.4) is 0 Å². The Balaban J connectivity index is 1.52. The predicted octanol–water partition coefficient (Wildman–Crippen LogP) is 4.04. The van der Waals surface area contributed by atoms with Crippen molar-refractivity contribution in [2.24, 2.45) is 0 Å². The molecular formula is C24H28N2O3. The van der Waals surface area contributed by atoms with Gasteiger partial charge >= 0.3 is 0 Å². The van der Waals surface area contributed by atoms with Gasteiger partial charge in [-0.3, -0.25) is 4.90 Å². The van der Waals surface area contributed by atoms with Crippen LogP contribution in [0.4, 0.5) is 0 Å². The molecule has 1 saturated heterocycles. The summed E-state index contributed by atoms with van der Waals surface area (Å²) in [6.45, 7) is 4.41. The lowest BCUT2D eigenvalue weighted by Crippen LogP contribution is -2.42. The van der Waals surface area contributed by atoms with Crippen LogP contribution in [0.25, 0.3) is 10.9 Å². The van der Waals surface area contributed by atoms with Crippen molar-refractivity contribution < 1.29 is 14.6 Å². The highest BCUT2D eigenvalue weighted by atomic mass is 16.5. The second-order valence-electron chi connectivity index (χ2n) is 7.86. The highest BCUT2D eigenvalue weighted by molar-refractivity contribution is 5.80. The number of aromatic nitrogens is 1.